The van der Waals surface area contributed by atoms with Gasteiger partial charge in [-0.15, -0.1) is 0 Å². The summed E-state index contributed by atoms with van der Waals surface area (Å²) >= 11 is 0. The zero-order chi connectivity index (χ0) is 10.2. The van der Waals surface area contributed by atoms with Crippen LogP contribution >= 0.6 is 0 Å². The van der Waals surface area contributed by atoms with Crippen LogP contribution in [-0.2, 0) is 0 Å². The normalized spacial score (nSPS) is 63.6. The molecule has 0 aromatic carbocycles. The van der Waals surface area contributed by atoms with Gasteiger partial charge in [-0.05, 0) is 66.6 Å². The number of rotatable bonds is 3. The topological polar surface area (TPSA) is 40.5 Å². The molecule has 6 unspecified atom stereocenters. The standard InChI is InChI=1S/C13H20O2/c14-2-1-8-9(6-15)7-3-10(8)13(5-7)11-4-12(11)13/h7-12,14-15H,1-6H2. The molecule has 0 heterocycles. The van der Waals surface area contributed by atoms with E-state index in [-0.39, 0.29) is 0 Å². The van der Waals surface area contributed by atoms with E-state index in [1.807, 2.05) is 0 Å². The van der Waals surface area contributed by atoms with E-state index in [0.29, 0.717) is 25.0 Å². The second-order valence-electron chi connectivity index (χ2n) is 6.39. The number of fused-ring (bicyclic) bond motifs is 6. The zero-order valence-electron chi connectivity index (χ0n) is 9.10. The maximum atomic E-state index is 9.47. The molecule has 2 N–H and O–H groups in total. The van der Waals surface area contributed by atoms with Gasteiger partial charge in [0.1, 0.15) is 0 Å². The Morgan fingerprint density at radius 3 is 2.33 bits per heavy atom. The molecule has 4 saturated carbocycles. The average molecular weight is 208 g/mol. The van der Waals surface area contributed by atoms with Crippen LogP contribution in [0.2, 0.25) is 0 Å². The third kappa shape index (κ3) is 0.861. The smallest absolute Gasteiger partial charge is 0.0464 e. The van der Waals surface area contributed by atoms with Gasteiger partial charge in [-0.3, -0.25) is 0 Å². The lowest BCUT2D eigenvalue weighted by molar-refractivity contribution is 0.0490. The number of aliphatic hydroxyl groups excluding tert-OH is 2. The van der Waals surface area contributed by atoms with E-state index >= 15 is 0 Å². The number of hydrogen-bond acceptors (Lipinski definition) is 2. The Morgan fingerprint density at radius 2 is 1.80 bits per heavy atom. The highest BCUT2D eigenvalue weighted by Crippen LogP contribution is 2.88. The Hall–Kier alpha value is -0.0800. The summed E-state index contributed by atoms with van der Waals surface area (Å²) in [7, 11) is 0. The molecule has 2 bridgehead atoms. The van der Waals surface area contributed by atoms with Crippen molar-refractivity contribution in [2.24, 2.45) is 40.9 Å². The second kappa shape index (κ2) is 2.60. The third-order valence-corrected chi connectivity index (χ3v) is 6.27. The summed E-state index contributed by atoms with van der Waals surface area (Å²) in [5.41, 5.74) is 0.746. The summed E-state index contributed by atoms with van der Waals surface area (Å²) in [6, 6.07) is 0. The van der Waals surface area contributed by atoms with Gasteiger partial charge in [0.25, 0.3) is 0 Å². The lowest BCUT2D eigenvalue weighted by Gasteiger charge is -2.38. The van der Waals surface area contributed by atoms with Crippen LogP contribution in [0, 0.1) is 40.9 Å². The van der Waals surface area contributed by atoms with Gasteiger partial charge in [-0.25, -0.2) is 0 Å². The van der Waals surface area contributed by atoms with E-state index in [2.05, 4.69) is 0 Å². The van der Waals surface area contributed by atoms with Gasteiger partial charge >= 0.3 is 0 Å². The van der Waals surface area contributed by atoms with Gasteiger partial charge in [0, 0.05) is 13.2 Å². The molecule has 84 valence electrons. The van der Waals surface area contributed by atoms with Crippen LogP contribution in [0.3, 0.4) is 0 Å². The summed E-state index contributed by atoms with van der Waals surface area (Å²) in [6.45, 7) is 0.674. The van der Waals surface area contributed by atoms with Crippen molar-refractivity contribution in [2.45, 2.75) is 25.7 Å². The van der Waals surface area contributed by atoms with Crippen molar-refractivity contribution in [2.75, 3.05) is 13.2 Å². The molecule has 1 spiro atoms. The molecular formula is C13H20O2. The Morgan fingerprint density at radius 1 is 1.00 bits per heavy atom. The highest BCUT2D eigenvalue weighted by molar-refractivity contribution is 5.30. The lowest BCUT2D eigenvalue weighted by Crippen LogP contribution is -2.35. The van der Waals surface area contributed by atoms with Gasteiger partial charge in [0.2, 0.25) is 0 Å². The first kappa shape index (κ1) is 9.00. The van der Waals surface area contributed by atoms with E-state index in [9.17, 15) is 5.11 Å². The fraction of sp³-hybridized carbons (Fsp3) is 1.00. The zero-order valence-corrected chi connectivity index (χ0v) is 9.10. The van der Waals surface area contributed by atoms with E-state index < -0.39 is 0 Å². The Kier molecular flexibility index (Phi) is 1.56. The van der Waals surface area contributed by atoms with Crippen molar-refractivity contribution in [3.8, 4) is 0 Å². The maximum Gasteiger partial charge on any atom is 0.0464 e. The molecule has 6 atom stereocenters. The van der Waals surface area contributed by atoms with E-state index in [4.69, 9.17) is 5.11 Å². The minimum absolute atomic E-state index is 0.315. The summed E-state index contributed by atoms with van der Waals surface area (Å²) in [4.78, 5) is 0. The van der Waals surface area contributed by atoms with Crippen LogP contribution in [0.4, 0.5) is 0 Å². The molecular weight excluding hydrogens is 188 g/mol. The Balaban J connectivity index is 1.60. The van der Waals surface area contributed by atoms with Crippen LogP contribution in [0.5, 0.6) is 0 Å². The van der Waals surface area contributed by atoms with Crippen LogP contribution in [-0.4, -0.2) is 23.4 Å². The van der Waals surface area contributed by atoms with Gasteiger partial charge in [0.05, 0.1) is 0 Å². The molecule has 0 saturated heterocycles. The first-order chi connectivity index (χ1) is 7.32. The Labute approximate surface area is 90.7 Å². The molecule has 0 radical (unpaired) electrons. The SMILES string of the molecule is OCCC1C(CO)C2CC1C1(C2)C2CC21. The molecule has 4 aliphatic rings. The van der Waals surface area contributed by atoms with Crippen molar-refractivity contribution >= 4 is 0 Å². The summed E-state index contributed by atoms with van der Waals surface area (Å²) in [5.74, 6) is 4.99. The number of hydrogen-bond donors (Lipinski definition) is 2. The first-order valence-corrected chi connectivity index (χ1v) is 6.54. The van der Waals surface area contributed by atoms with Crippen molar-refractivity contribution in [1.82, 2.24) is 0 Å². The molecule has 0 aliphatic heterocycles. The summed E-state index contributed by atoms with van der Waals surface area (Å²) < 4.78 is 0. The highest BCUT2D eigenvalue weighted by Gasteiger charge is 2.83. The molecule has 2 nitrogen and oxygen atoms in total. The van der Waals surface area contributed by atoms with Crippen LogP contribution in [0.25, 0.3) is 0 Å². The van der Waals surface area contributed by atoms with Crippen LogP contribution < -0.4 is 0 Å². The lowest BCUT2D eigenvalue weighted by atomic mass is 9.67. The fourth-order valence-corrected chi connectivity index (χ4v) is 5.59. The molecule has 4 rings (SSSR count). The molecule has 15 heavy (non-hydrogen) atoms. The molecule has 2 heteroatoms. The van der Waals surface area contributed by atoms with Crippen LogP contribution in [0.1, 0.15) is 25.7 Å². The second-order valence-corrected chi connectivity index (χ2v) is 6.39. The maximum absolute atomic E-state index is 9.47. The van der Waals surface area contributed by atoms with E-state index in [0.717, 1.165) is 35.5 Å². The van der Waals surface area contributed by atoms with Crippen molar-refractivity contribution in [3.63, 3.8) is 0 Å². The van der Waals surface area contributed by atoms with Gasteiger partial charge in [-0.2, -0.15) is 0 Å². The predicted molar refractivity (Wildman–Crippen MR) is 56.0 cm³/mol. The van der Waals surface area contributed by atoms with E-state index in [1.54, 1.807) is 0 Å². The quantitative estimate of drug-likeness (QED) is 0.733. The van der Waals surface area contributed by atoms with Crippen molar-refractivity contribution < 1.29 is 10.2 Å². The predicted octanol–water partition coefficient (Wildman–Crippen LogP) is 1.27. The van der Waals surface area contributed by atoms with Crippen molar-refractivity contribution in [3.05, 3.63) is 0 Å². The monoisotopic (exact) mass is 208 g/mol. The first-order valence-electron chi connectivity index (χ1n) is 6.54. The van der Waals surface area contributed by atoms with Gasteiger partial charge in [0.15, 0.2) is 0 Å². The number of aliphatic hydroxyl groups is 2. The summed E-state index contributed by atoms with van der Waals surface area (Å²) in [6.07, 6.45) is 5.22. The third-order valence-electron chi connectivity index (χ3n) is 6.27. The minimum Gasteiger partial charge on any atom is -0.396 e. The van der Waals surface area contributed by atoms with Gasteiger partial charge in [-0.1, -0.05) is 0 Å². The highest BCUT2D eigenvalue weighted by atomic mass is 16.3. The molecule has 0 aromatic heterocycles. The average Bonchev–Trinajstić information content (AvgIpc) is 3.07. The largest absolute Gasteiger partial charge is 0.396 e. The van der Waals surface area contributed by atoms with Crippen LogP contribution in [0.15, 0.2) is 0 Å². The van der Waals surface area contributed by atoms with E-state index in [1.165, 1.54) is 19.3 Å². The summed E-state index contributed by atoms with van der Waals surface area (Å²) in [5, 5.41) is 18.6. The molecule has 4 aliphatic carbocycles. The Bertz CT molecular complexity index is 293. The van der Waals surface area contributed by atoms with Crippen molar-refractivity contribution in [1.29, 1.82) is 0 Å². The minimum atomic E-state index is 0.315. The molecule has 4 fully saturated rings. The molecule has 0 amide bonds. The van der Waals surface area contributed by atoms with Gasteiger partial charge < -0.3 is 10.2 Å². The molecule has 0 aromatic rings. The fourth-order valence-electron chi connectivity index (χ4n) is 5.59.